The number of halogens is 1. The normalized spacial score (nSPS) is 9.77. The molecule has 13 heavy (non-hydrogen) atoms. The Kier molecular flexibility index (Phi) is 2.92. The summed E-state index contributed by atoms with van der Waals surface area (Å²) in [6.45, 7) is 3.68. The van der Waals surface area contributed by atoms with Crippen molar-refractivity contribution in [1.29, 1.82) is 0 Å². The van der Waals surface area contributed by atoms with E-state index in [2.05, 4.69) is 5.92 Å². The van der Waals surface area contributed by atoms with Crippen molar-refractivity contribution in [1.82, 2.24) is 0 Å². The number of hydrogen-bond donors (Lipinski definition) is 0. The van der Waals surface area contributed by atoms with Crippen molar-refractivity contribution in [3.05, 3.63) is 29.6 Å². The van der Waals surface area contributed by atoms with E-state index in [1.165, 1.54) is 6.07 Å². The average Bonchev–Trinajstić information content (AvgIpc) is 2.08. The van der Waals surface area contributed by atoms with E-state index in [9.17, 15) is 4.39 Å². The first kappa shape index (κ1) is 9.60. The Balaban J connectivity index is 2.93. The van der Waals surface area contributed by atoms with E-state index in [4.69, 9.17) is 11.2 Å². The molecule has 0 bridgehead atoms. The fourth-order valence-electron chi connectivity index (χ4n) is 0.940. The van der Waals surface area contributed by atoms with Crippen LogP contribution < -0.4 is 4.74 Å². The third kappa shape index (κ3) is 2.48. The number of ether oxygens (including phenoxy) is 1. The van der Waals surface area contributed by atoms with Gasteiger partial charge in [0.15, 0.2) is 11.6 Å². The van der Waals surface area contributed by atoms with E-state index in [1.54, 1.807) is 12.1 Å². The van der Waals surface area contributed by atoms with Crippen molar-refractivity contribution in [3.8, 4) is 18.1 Å². The molecule has 0 saturated carbocycles. The summed E-state index contributed by atoms with van der Waals surface area (Å²) in [4.78, 5) is 0. The fraction of sp³-hybridized carbons (Fsp3) is 0.273. The van der Waals surface area contributed by atoms with E-state index in [0.717, 1.165) is 0 Å². The quantitative estimate of drug-likeness (QED) is 0.632. The van der Waals surface area contributed by atoms with Crippen LogP contribution in [0.3, 0.4) is 0 Å². The highest BCUT2D eigenvalue weighted by molar-refractivity contribution is 5.37. The molecule has 68 valence electrons. The summed E-state index contributed by atoms with van der Waals surface area (Å²) in [5, 5.41) is 0. The molecule has 0 spiro atoms. The van der Waals surface area contributed by atoms with Gasteiger partial charge in [-0.25, -0.2) is 4.39 Å². The molecular weight excluding hydrogens is 167 g/mol. The lowest BCUT2D eigenvalue weighted by atomic mass is 10.2. The molecule has 0 aliphatic rings. The van der Waals surface area contributed by atoms with Crippen LogP contribution in [0.15, 0.2) is 18.2 Å². The molecule has 0 aliphatic heterocycles. The molecule has 0 aromatic heterocycles. The predicted molar refractivity (Wildman–Crippen MR) is 50.1 cm³/mol. The van der Waals surface area contributed by atoms with Crippen LogP contribution in [0.1, 0.15) is 19.4 Å². The maximum atomic E-state index is 13.2. The van der Waals surface area contributed by atoms with Crippen LogP contribution in [0.25, 0.3) is 0 Å². The van der Waals surface area contributed by atoms with E-state index >= 15 is 0 Å². The Hall–Kier alpha value is -1.49. The monoisotopic (exact) mass is 178 g/mol. The maximum absolute atomic E-state index is 13.2. The first-order chi connectivity index (χ1) is 6.13. The Bertz CT molecular complexity index is 336. The molecule has 0 heterocycles. The summed E-state index contributed by atoms with van der Waals surface area (Å²) < 4.78 is 18.4. The van der Waals surface area contributed by atoms with E-state index in [1.807, 2.05) is 13.8 Å². The Labute approximate surface area is 77.5 Å². The van der Waals surface area contributed by atoms with E-state index in [0.29, 0.717) is 5.56 Å². The molecular formula is C11H11FO. The van der Waals surface area contributed by atoms with Crippen LogP contribution in [0.5, 0.6) is 5.75 Å². The summed E-state index contributed by atoms with van der Waals surface area (Å²) in [7, 11) is 0. The average molecular weight is 178 g/mol. The second kappa shape index (κ2) is 3.95. The van der Waals surface area contributed by atoms with Crippen molar-refractivity contribution < 1.29 is 9.13 Å². The van der Waals surface area contributed by atoms with Gasteiger partial charge < -0.3 is 4.74 Å². The SMILES string of the molecule is C#Cc1ccc(OC(C)C)c(F)c1. The van der Waals surface area contributed by atoms with Gasteiger partial charge in [0.1, 0.15) is 0 Å². The fourth-order valence-corrected chi connectivity index (χ4v) is 0.940. The summed E-state index contributed by atoms with van der Waals surface area (Å²) in [6, 6.07) is 4.49. The third-order valence-electron chi connectivity index (χ3n) is 1.46. The van der Waals surface area contributed by atoms with Gasteiger partial charge in [-0.1, -0.05) is 5.92 Å². The smallest absolute Gasteiger partial charge is 0.166 e. The van der Waals surface area contributed by atoms with E-state index in [-0.39, 0.29) is 11.9 Å². The molecule has 0 saturated heterocycles. The molecule has 2 heteroatoms. The number of benzene rings is 1. The first-order valence-corrected chi connectivity index (χ1v) is 4.06. The second-order valence-corrected chi connectivity index (χ2v) is 2.96. The lowest BCUT2D eigenvalue weighted by Gasteiger charge is -2.10. The van der Waals surface area contributed by atoms with Crippen molar-refractivity contribution in [2.75, 3.05) is 0 Å². The molecule has 0 atom stereocenters. The van der Waals surface area contributed by atoms with Crippen molar-refractivity contribution >= 4 is 0 Å². The Morgan fingerprint density at radius 1 is 1.46 bits per heavy atom. The lowest BCUT2D eigenvalue weighted by Crippen LogP contribution is -2.06. The Morgan fingerprint density at radius 2 is 2.15 bits per heavy atom. The molecule has 0 radical (unpaired) electrons. The number of hydrogen-bond acceptors (Lipinski definition) is 1. The molecule has 1 aromatic carbocycles. The third-order valence-corrected chi connectivity index (χ3v) is 1.46. The van der Waals surface area contributed by atoms with Crippen LogP contribution >= 0.6 is 0 Å². The summed E-state index contributed by atoms with van der Waals surface area (Å²) in [5.74, 6) is 2.18. The highest BCUT2D eigenvalue weighted by atomic mass is 19.1. The van der Waals surface area contributed by atoms with Crippen LogP contribution in [0, 0.1) is 18.2 Å². The van der Waals surface area contributed by atoms with Crippen LogP contribution in [0.4, 0.5) is 4.39 Å². The molecule has 0 N–H and O–H groups in total. The molecule has 1 aromatic rings. The topological polar surface area (TPSA) is 9.23 Å². The van der Waals surface area contributed by atoms with Crippen LogP contribution in [-0.4, -0.2) is 6.10 Å². The zero-order chi connectivity index (χ0) is 9.84. The summed E-state index contributed by atoms with van der Waals surface area (Å²) in [5.41, 5.74) is 0.522. The largest absolute Gasteiger partial charge is 0.488 e. The first-order valence-electron chi connectivity index (χ1n) is 4.06. The minimum Gasteiger partial charge on any atom is -0.488 e. The number of terminal acetylenes is 1. The lowest BCUT2D eigenvalue weighted by molar-refractivity contribution is 0.231. The zero-order valence-electron chi connectivity index (χ0n) is 7.67. The highest BCUT2D eigenvalue weighted by Gasteiger charge is 2.04. The van der Waals surface area contributed by atoms with Gasteiger partial charge in [0.25, 0.3) is 0 Å². The molecule has 0 fully saturated rings. The molecule has 0 unspecified atom stereocenters. The van der Waals surface area contributed by atoms with E-state index < -0.39 is 5.82 Å². The number of rotatable bonds is 2. The van der Waals surface area contributed by atoms with Crippen LogP contribution in [0.2, 0.25) is 0 Å². The van der Waals surface area contributed by atoms with Gasteiger partial charge in [-0.3, -0.25) is 0 Å². The molecule has 0 amide bonds. The van der Waals surface area contributed by atoms with Gasteiger partial charge in [-0.15, -0.1) is 6.42 Å². The van der Waals surface area contributed by atoms with Gasteiger partial charge in [0.2, 0.25) is 0 Å². The Morgan fingerprint density at radius 3 is 2.62 bits per heavy atom. The van der Waals surface area contributed by atoms with Gasteiger partial charge in [0.05, 0.1) is 6.10 Å². The maximum Gasteiger partial charge on any atom is 0.166 e. The predicted octanol–water partition coefficient (Wildman–Crippen LogP) is 2.59. The second-order valence-electron chi connectivity index (χ2n) is 2.96. The summed E-state index contributed by atoms with van der Waals surface area (Å²) >= 11 is 0. The molecule has 1 nitrogen and oxygen atoms in total. The minimum atomic E-state index is -0.413. The van der Waals surface area contributed by atoms with Gasteiger partial charge >= 0.3 is 0 Å². The summed E-state index contributed by atoms with van der Waals surface area (Å²) in [6.07, 6.45) is 5.08. The van der Waals surface area contributed by atoms with Gasteiger partial charge in [-0.2, -0.15) is 0 Å². The van der Waals surface area contributed by atoms with Gasteiger partial charge in [0, 0.05) is 5.56 Å². The van der Waals surface area contributed by atoms with Crippen molar-refractivity contribution in [2.45, 2.75) is 20.0 Å². The zero-order valence-corrected chi connectivity index (χ0v) is 7.67. The highest BCUT2D eigenvalue weighted by Crippen LogP contribution is 2.18. The molecule has 1 rings (SSSR count). The molecule has 0 aliphatic carbocycles. The van der Waals surface area contributed by atoms with Crippen LogP contribution in [-0.2, 0) is 0 Å². The van der Waals surface area contributed by atoms with Gasteiger partial charge in [-0.05, 0) is 32.0 Å². The minimum absolute atomic E-state index is 0.0359. The van der Waals surface area contributed by atoms with Crippen molar-refractivity contribution in [2.24, 2.45) is 0 Å². The van der Waals surface area contributed by atoms with Crippen molar-refractivity contribution in [3.63, 3.8) is 0 Å². The standard InChI is InChI=1S/C11H11FO/c1-4-9-5-6-11(10(12)7-9)13-8(2)3/h1,5-8H,2-3H3.